The number of aryl methyl sites for hydroxylation is 2. The number of aromatic nitrogens is 2. The maximum absolute atomic E-state index is 12.5. The highest BCUT2D eigenvalue weighted by Crippen LogP contribution is 2.35. The van der Waals surface area contributed by atoms with Gasteiger partial charge in [0.1, 0.15) is 5.82 Å². The molecule has 2 aromatic heterocycles. The van der Waals surface area contributed by atoms with E-state index in [1.54, 1.807) is 24.4 Å². The van der Waals surface area contributed by atoms with Gasteiger partial charge in [-0.15, -0.1) is 0 Å². The summed E-state index contributed by atoms with van der Waals surface area (Å²) in [7, 11) is 0. The lowest BCUT2D eigenvalue weighted by Crippen LogP contribution is -2.19. The van der Waals surface area contributed by atoms with Crippen LogP contribution in [0.15, 0.2) is 52.5 Å². The van der Waals surface area contributed by atoms with E-state index < -0.39 is 0 Å². The Kier molecular flexibility index (Phi) is 5.73. The largest absolute Gasteiger partial charge is 0.303 e. The fourth-order valence-corrected chi connectivity index (χ4v) is 4.40. The monoisotopic (exact) mass is 456 g/mol. The van der Waals surface area contributed by atoms with E-state index in [2.05, 4.69) is 19.9 Å². The molecule has 152 valence electrons. The van der Waals surface area contributed by atoms with Gasteiger partial charge in [-0.05, 0) is 80.1 Å². The van der Waals surface area contributed by atoms with Gasteiger partial charge in [0.15, 0.2) is 5.17 Å². The standard InChI is InChI=1S/C22H18Cl2N4OS/c1-12-7-8-25-19(9-12)28-13(2)10-15(14(28)3)11-18-21(29)27-22(30-18)26-17-6-4-5-16(23)20(17)24/h4-11H,1-3H3,(H,26,27,29)/b18-11+. The number of carbonyl (C=O) groups excluding carboxylic acids is 1. The molecule has 4 rings (SSSR count). The van der Waals surface area contributed by atoms with E-state index in [1.165, 1.54) is 11.8 Å². The first-order valence-electron chi connectivity index (χ1n) is 9.19. The molecule has 0 radical (unpaired) electrons. The Morgan fingerprint density at radius 3 is 2.73 bits per heavy atom. The summed E-state index contributed by atoms with van der Waals surface area (Å²) in [4.78, 5) is 22.0. The molecule has 1 N–H and O–H groups in total. The normalized spacial score (nSPS) is 16.5. The second-order valence-corrected chi connectivity index (χ2v) is 8.72. The minimum atomic E-state index is -0.199. The van der Waals surface area contributed by atoms with E-state index >= 15 is 0 Å². The Hall–Kier alpha value is -2.54. The lowest BCUT2D eigenvalue weighted by molar-refractivity contribution is -0.115. The Bertz CT molecular complexity index is 1230. The van der Waals surface area contributed by atoms with Crippen molar-refractivity contribution in [1.29, 1.82) is 0 Å². The molecule has 5 nitrogen and oxygen atoms in total. The molecule has 0 saturated carbocycles. The summed E-state index contributed by atoms with van der Waals surface area (Å²) in [6, 6.07) is 11.2. The lowest BCUT2D eigenvalue weighted by atomic mass is 10.2. The highest BCUT2D eigenvalue weighted by Gasteiger charge is 2.25. The highest BCUT2D eigenvalue weighted by molar-refractivity contribution is 8.18. The fourth-order valence-electron chi connectivity index (χ4n) is 3.24. The second-order valence-electron chi connectivity index (χ2n) is 6.91. The van der Waals surface area contributed by atoms with Gasteiger partial charge >= 0.3 is 0 Å². The topological polar surface area (TPSA) is 59.3 Å². The number of amides is 1. The number of benzene rings is 1. The zero-order chi connectivity index (χ0) is 21.4. The summed E-state index contributed by atoms with van der Waals surface area (Å²) < 4.78 is 2.08. The summed E-state index contributed by atoms with van der Waals surface area (Å²) in [5.41, 5.74) is 4.65. The summed E-state index contributed by atoms with van der Waals surface area (Å²) in [6.07, 6.45) is 3.67. The van der Waals surface area contributed by atoms with Crippen molar-refractivity contribution in [1.82, 2.24) is 14.9 Å². The average molecular weight is 457 g/mol. The van der Waals surface area contributed by atoms with Crippen LogP contribution in [0.5, 0.6) is 0 Å². The summed E-state index contributed by atoms with van der Waals surface area (Å²) in [5.74, 6) is 0.659. The number of nitrogens with zero attached hydrogens (tertiary/aromatic N) is 3. The number of hydrogen-bond donors (Lipinski definition) is 1. The van der Waals surface area contributed by atoms with Crippen LogP contribution in [0.3, 0.4) is 0 Å². The molecule has 0 spiro atoms. The molecule has 3 aromatic rings. The van der Waals surface area contributed by atoms with Gasteiger partial charge in [0, 0.05) is 17.6 Å². The van der Waals surface area contributed by atoms with Crippen molar-refractivity contribution < 1.29 is 4.79 Å². The molecule has 3 heterocycles. The third-order valence-corrected chi connectivity index (χ3v) is 6.41. The minimum absolute atomic E-state index is 0.199. The van der Waals surface area contributed by atoms with Crippen LogP contribution >= 0.6 is 35.0 Å². The molecule has 1 saturated heterocycles. The predicted molar refractivity (Wildman–Crippen MR) is 125 cm³/mol. The quantitative estimate of drug-likeness (QED) is 0.491. The number of thioether (sulfide) groups is 1. The van der Waals surface area contributed by atoms with Crippen molar-refractivity contribution in [3.63, 3.8) is 0 Å². The second kappa shape index (κ2) is 8.30. The van der Waals surface area contributed by atoms with Crippen molar-refractivity contribution in [3.05, 3.63) is 80.1 Å². The maximum atomic E-state index is 12.5. The van der Waals surface area contributed by atoms with Gasteiger partial charge in [0.05, 0.1) is 20.6 Å². The molecule has 0 atom stereocenters. The molecule has 1 aliphatic heterocycles. The van der Waals surface area contributed by atoms with Gasteiger partial charge in [0.25, 0.3) is 5.91 Å². The predicted octanol–water partition coefficient (Wildman–Crippen LogP) is 6.00. The molecule has 1 amide bonds. The molecule has 1 aliphatic rings. The zero-order valence-corrected chi connectivity index (χ0v) is 18.9. The third-order valence-electron chi connectivity index (χ3n) is 4.69. The van der Waals surface area contributed by atoms with Crippen molar-refractivity contribution >= 4 is 57.8 Å². The third kappa shape index (κ3) is 4.03. The van der Waals surface area contributed by atoms with Gasteiger partial charge < -0.3 is 9.88 Å². The number of amidine groups is 1. The maximum Gasteiger partial charge on any atom is 0.264 e. The molecule has 8 heteroatoms. The van der Waals surface area contributed by atoms with E-state index in [9.17, 15) is 4.79 Å². The fraction of sp³-hybridized carbons (Fsp3) is 0.136. The van der Waals surface area contributed by atoms with Gasteiger partial charge in [-0.2, -0.15) is 0 Å². The van der Waals surface area contributed by atoms with Crippen molar-refractivity contribution in [2.45, 2.75) is 20.8 Å². The van der Waals surface area contributed by atoms with Crippen LogP contribution in [0, 0.1) is 20.8 Å². The van der Waals surface area contributed by atoms with Crippen LogP contribution in [0.4, 0.5) is 5.69 Å². The minimum Gasteiger partial charge on any atom is -0.303 e. The number of rotatable bonds is 3. The first kappa shape index (κ1) is 20.7. The van der Waals surface area contributed by atoms with Crippen LogP contribution in [0.2, 0.25) is 10.0 Å². The van der Waals surface area contributed by atoms with Crippen LogP contribution in [-0.2, 0) is 4.79 Å². The Balaban J connectivity index is 1.66. The molecule has 0 unspecified atom stereocenters. The Morgan fingerprint density at radius 2 is 1.97 bits per heavy atom. The van der Waals surface area contributed by atoms with Crippen LogP contribution in [-0.4, -0.2) is 20.6 Å². The van der Waals surface area contributed by atoms with Gasteiger partial charge in [-0.1, -0.05) is 29.3 Å². The van der Waals surface area contributed by atoms with E-state index in [4.69, 9.17) is 23.2 Å². The molecular formula is C22H18Cl2N4OS. The molecule has 30 heavy (non-hydrogen) atoms. The molecule has 1 aromatic carbocycles. The highest BCUT2D eigenvalue weighted by atomic mass is 35.5. The summed E-state index contributed by atoms with van der Waals surface area (Å²) in [5, 5.41) is 4.02. The smallest absolute Gasteiger partial charge is 0.264 e. The molecule has 0 bridgehead atoms. The summed E-state index contributed by atoms with van der Waals surface area (Å²) >= 11 is 13.5. The zero-order valence-electron chi connectivity index (χ0n) is 16.5. The first-order chi connectivity index (χ1) is 14.3. The molecule has 0 aliphatic carbocycles. The number of nitrogens with one attached hydrogen (secondary N) is 1. The average Bonchev–Trinajstić information content (AvgIpc) is 3.17. The lowest BCUT2D eigenvalue weighted by Gasteiger charge is -2.09. The number of halogens is 2. The Morgan fingerprint density at radius 1 is 1.17 bits per heavy atom. The number of hydrogen-bond acceptors (Lipinski definition) is 4. The Labute approximate surface area is 188 Å². The number of pyridine rings is 1. The number of aliphatic imine (C=N–C) groups is 1. The van der Waals surface area contributed by atoms with Gasteiger partial charge in [0.2, 0.25) is 0 Å². The van der Waals surface area contributed by atoms with E-state index in [1.807, 2.05) is 45.0 Å². The van der Waals surface area contributed by atoms with Crippen molar-refractivity contribution in [3.8, 4) is 5.82 Å². The number of carbonyl (C=O) groups is 1. The van der Waals surface area contributed by atoms with Crippen LogP contribution < -0.4 is 5.32 Å². The van der Waals surface area contributed by atoms with Gasteiger partial charge in [-0.25, -0.2) is 9.98 Å². The van der Waals surface area contributed by atoms with E-state index in [-0.39, 0.29) is 5.91 Å². The first-order valence-corrected chi connectivity index (χ1v) is 10.8. The van der Waals surface area contributed by atoms with E-state index in [0.29, 0.717) is 25.8 Å². The van der Waals surface area contributed by atoms with Crippen molar-refractivity contribution in [2.75, 3.05) is 0 Å². The summed E-state index contributed by atoms with van der Waals surface area (Å²) in [6.45, 7) is 6.07. The van der Waals surface area contributed by atoms with Crippen LogP contribution in [0.25, 0.3) is 11.9 Å². The SMILES string of the molecule is Cc1ccnc(-n2c(C)cc(/C=C3/SC(=Nc4cccc(Cl)c4Cl)NC3=O)c2C)c1. The van der Waals surface area contributed by atoms with E-state index in [0.717, 1.165) is 28.3 Å². The molecular weight excluding hydrogens is 439 g/mol. The van der Waals surface area contributed by atoms with Crippen molar-refractivity contribution in [2.24, 2.45) is 4.99 Å². The van der Waals surface area contributed by atoms with Crippen LogP contribution in [0.1, 0.15) is 22.5 Å². The molecule has 1 fully saturated rings. The van der Waals surface area contributed by atoms with Gasteiger partial charge in [-0.3, -0.25) is 4.79 Å².